The Balaban J connectivity index is 1.89. The number of carbonyl (C=O) groups is 2. The van der Waals surface area contributed by atoms with Crippen LogP contribution in [0.3, 0.4) is 0 Å². The molecule has 2 aliphatic carbocycles. The zero-order chi connectivity index (χ0) is 14.7. The molecule has 0 saturated heterocycles. The van der Waals surface area contributed by atoms with E-state index in [1.807, 2.05) is 0 Å². The average molecular weight is 282 g/mol. The van der Waals surface area contributed by atoms with Gasteiger partial charge in [-0.2, -0.15) is 0 Å². The number of carboxylic acids is 1. The van der Waals surface area contributed by atoms with Crippen molar-refractivity contribution in [2.45, 2.75) is 64.5 Å². The van der Waals surface area contributed by atoms with Gasteiger partial charge in [-0.05, 0) is 31.1 Å². The van der Waals surface area contributed by atoms with Gasteiger partial charge in [0.05, 0.1) is 6.42 Å². The van der Waals surface area contributed by atoms with Crippen LogP contribution < -0.4 is 5.32 Å². The first-order valence-corrected chi connectivity index (χ1v) is 7.78. The summed E-state index contributed by atoms with van der Waals surface area (Å²) in [5.74, 6) is 0.291. The highest BCUT2D eigenvalue weighted by atomic mass is 16.4. The maximum atomic E-state index is 12.4. The lowest BCUT2D eigenvalue weighted by Crippen LogP contribution is -2.50. The first kappa shape index (κ1) is 15.1. The molecule has 20 heavy (non-hydrogen) atoms. The smallest absolute Gasteiger partial charge is 0.317 e. The molecule has 3 unspecified atom stereocenters. The van der Waals surface area contributed by atoms with Gasteiger partial charge in [-0.25, -0.2) is 4.79 Å². The summed E-state index contributed by atoms with van der Waals surface area (Å²) in [6.07, 6.45) is 5.47. The van der Waals surface area contributed by atoms with Crippen molar-refractivity contribution in [2.24, 2.45) is 11.8 Å². The predicted octanol–water partition coefficient (Wildman–Crippen LogP) is 2.46. The molecule has 114 valence electrons. The molecular weight excluding hydrogens is 256 g/mol. The third-order valence-corrected chi connectivity index (χ3v) is 4.83. The van der Waals surface area contributed by atoms with Crippen molar-refractivity contribution in [2.75, 3.05) is 6.54 Å². The summed E-state index contributed by atoms with van der Waals surface area (Å²) in [6, 6.07) is 0.419. The molecule has 2 saturated carbocycles. The SMILES string of the molecule is CC1CCCC(NC(=O)N(CCC(=O)O)C2CC2)C1C. The van der Waals surface area contributed by atoms with E-state index in [1.54, 1.807) is 4.90 Å². The highest BCUT2D eigenvalue weighted by Gasteiger charge is 2.35. The highest BCUT2D eigenvalue weighted by Crippen LogP contribution is 2.31. The van der Waals surface area contributed by atoms with E-state index in [2.05, 4.69) is 19.2 Å². The zero-order valence-corrected chi connectivity index (χ0v) is 12.5. The minimum atomic E-state index is -0.844. The van der Waals surface area contributed by atoms with Crippen LogP contribution in [0.4, 0.5) is 4.79 Å². The number of nitrogens with one attached hydrogen (secondary N) is 1. The molecule has 2 rings (SSSR count). The first-order valence-electron chi connectivity index (χ1n) is 7.78. The van der Waals surface area contributed by atoms with Crippen molar-refractivity contribution in [3.63, 3.8) is 0 Å². The van der Waals surface area contributed by atoms with Crippen LogP contribution in [-0.4, -0.2) is 40.6 Å². The lowest BCUT2D eigenvalue weighted by atomic mass is 9.78. The fourth-order valence-electron chi connectivity index (χ4n) is 3.08. The molecule has 2 N–H and O–H groups in total. The van der Waals surface area contributed by atoms with Crippen LogP contribution in [0.1, 0.15) is 52.4 Å². The Labute approximate surface area is 120 Å². The third kappa shape index (κ3) is 3.87. The van der Waals surface area contributed by atoms with Gasteiger partial charge in [0.25, 0.3) is 0 Å². The molecule has 2 aliphatic rings. The molecule has 2 amide bonds. The average Bonchev–Trinajstić information content (AvgIpc) is 3.19. The summed E-state index contributed by atoms with van der Waals surface area (Å²) in [4.78, 5) is 24.8. The maximum absolute atomic E-state index is 12.4. The van der Waals surface area contributed by atoms with Crippen molar-refractivity contribution in [3.05, 3.63) is 0 Å². The Morgan fingerprint density at radius 2 is 1.90 bits per heavy atom. The van der Waals surface area contributed by atoms with Gasteiger partial charge < -0.3 is 15.3 Å². The fraction of sp³-hybridized carbons (Fsp3) is 0.867. The van der Waals surface area contributed by atoms with Gasteiger partial charge in [-0.15, -0.1) is 0 Å². The Kier molecular flexibility index (Phi) is 4.89. The largest absolute Gasteiger partial charge is 0.481 e. The first-order chi connectivity index (χ1) is 9.49. The van der Waals surface area contributed by atoms with Crippen molar-refractivity contribution in [1.82, 2.24) is 10.2 Å². The van der Waals surface area contributed by atoms with Crippen LogP contribution in [0.15, 0.2) is 0 Å². The molecule has 0 spiro atoms. The topological polar surface area (TPSA) is 69.6 Å². The summed E-state index contributed by atoms with van der Waals surface area (Å²) in [5.41, 5.74) is 0. The van der Waals surface area contributed by atoms with E-state index < -0.39 is 5.97 Å². The standard InChI is InChI=1S/C15H26N2O3/c1-10-4-3-5-13(11(10)2)16-15(20)17(12-6-7-12)9-8-14(18)19/h10-13H,3-9H2,1-2H3,(H,16,20)(H,18,19). The number of carbonyl (C=O) groups excluding carboxylic acids is 1. The van der Waals surface area contributed by atoms with E-state index >= 15 is 0 Å². The minimum Gasteiger partial charge on any atom is -0.481 e. The number of hydrogen-bond acceptors (Lipinski definition) is 2. The molecule has 2 fully saturated rings. The number of rotatable bonds is 5. The van der Waals surface area contributed by atoms with Gasteiger partial charge in [-0.1, -0.05) is 26.7 Å². The van der Waals surface area contributed by atoms with Crippen LogP contribution in [0.5, 0.6) is 0 Å². The lowest BCUT2D eigenvalue weighted by molar-refractivity contribution is -0.137. The summed E-state index contributed by atoms with van der Waals surface area (Å²) in [7, 11) is 0. The maximum Gasteiger partial charge on any atom is 0.317 e. The van der Waals surface area contributed by atoms with E-state index in [4.69, 9.17) is 5.11 Å². The Morgan fingerprint density at radius 3 is 2.50 bits per heavy atom. The van der Waals surface area contributed by atoms with Gasteiger partial charge in [0.2, 0.25) is 0 Å². The normalized spacial score (nSPS) is 29.8. The molecule has 0 aliphatic heterocycles. The molecule has 5 nitrogen and oxygen atoms in total. The van der Waals surface area contributed by atoms with Crippen molar-refractivity contribution in [3.8, 4) is 0 Å². The fourth-order valence-corrected chi connectivity index (χ4v) is 3.08. The number of carboxylic acid groups (broad SMARTS) is 1. The molecule has 0 bridgehead atoms. The summed E-state index contributed by atoms with van der Waals surface area (Å²) < 4.78 is 0. The molecule has 0 radical (unpaired) electrons. The second-order valence-electron chi connectivity index (χ2n) is 6.39. The summed E-state index contributed by atoms with van der Waals surface area (Å²) in [6.45, 7) is 4.77. The van der Waals surface area contributed by atoms with Gasteiger partial charge in [0, 0.05) is 18.6 Å². The van der Waals surface area contributed by atoms with E-state index in [0.29, 0.717) is 18.4 Å². The minimum absolute atomic E-state index is 0.0283. The number of hydrogen-bond donors (Lipinski definition) is 2. The molecule has 0 aromatic heterocycles. The number of nitrogens with zero attached hydrogens (tertiary/aromatic N) is 1. The van der Waals surface area contributed by atoms with Crippen LogP contribution in [-0.2, 0) is 4.79 Å². The molecule has 0 aromatic rings. The number of urea groups is 1. The predicted molar refractivity (Wildman–Crippen MR) is 76.5 cm³/mol. The van der Waals surface area contributed by atoms with Gasteiger partial charge in [0.15, 0.2) is 0 Å². The zero-order valence-electron chi connectivity index (χ0n) is 12.5. The monoisotopic (exact) mass is 282 g/mol. The highest BCUT2D eigenvalue weighted by molar-refractivity contribution is 5.76. The molecular formula is C15H26N2O3. The van der Waals surface area contributed by atoms with Crippen molar-refractivity contribution < 1.29 is 14.7 Å². The van der Waals surface area contributed by atoms with Crippen LogP contribution >= 0.6 is 0 Å². The van der Waals surface area contributed by atoms with E-state index in [9.17, 15) is 9.59 Å². The van der Waals surface area contributed by atoms with Crippen molar-refractivity contribution >= 4 is 12.0 Å². The summed E-state index contributed by atoms with van der Waals surface area (Å²) >= 11 is 0. The second kappa shape index (κ2) is 6.46. The quantitative estimate of drug-likeness (QED) is 0.813. The third-order valence-electron chi connectivity index (χ3n) is 4.83. The molecule has 0 aromatic carbocycles. The van der Waals surface area contributed by atoms with E-state index in [0.717, 1.165) is 25.7 Å². The Morgan fingerprint density at radius 1 is 1.20 bits per heavy atom. The molecule has 3 atom stereocenters. The molecule has 0 heterocycles. The van der Waals surface area contributed by atoms with Gasteiger partial charge in [0.1, 0.15) is 0 Å². The van der Waals surface area contributed by atoms with Gasteiger partial charge >= 0.3 is 12.0 Å². The van der Waals surface area contributed by atoms with E-state index in [1.165, 1.54) is 6.42 Å². The van der Waals surface area contributed by atoms with Crippen LogP contribution in [0.25, 0.3) is 0 Å². The van der Waals surface area contributed by atoms with Crippen molar-refractivity contribution in [1.29, 1.82) is 0 Å². The Bertz CT molecular complexity index is 368. The van der Waals surface area contributed by atoms with Crippen LogP contribution in [0.2, 0.25) is 0 Å². The number of amides is 2. The second-order valence-corrected chi connectivity index (χ2v) is 6.39. The van der Waals surface area contributed by atoms with Crippen LogP contribution in [0, 0.1) is 11.8 Å². The Hall–Kier alpha value is -1.26. The summed E-state index contributed by atoms with van der Waals surface area (Å²) in [5, 5.41) is 11.9. The van der Waals surface area contributed by atoms with E-state index in [-0.39, 0.29) is 24.5 Å². The lowest BCUT2D eigenvalue weighted by Gasteiger charge is -2.36. The van der Waals surface area contributed by atoms with Gasteiger partial charge in [-0.3, -0.25) is 4.79 Å². The molecule has 5 heteroatoms. The number of aliphatic carboxylic acids is 1.